The summed E-state index contributed by atoms with van der Waals surface area (Å²) in [5.74, 6) is 1.44. The van der Waals surface area contributed by atoms with Crippen LogP contribution in [0.25, 0.3) is 0 Å². The van der Waals surface area contributed by atoms with Gasteiger partial charge in [0.2, 0.25) is 0 Å². The molecule has 0 atom stereocenters. The van der Waals surface area contributed by atoms with E-state index in [4.69, 9.17) is 5.11 Å². The van der Waals surface area contributed by atoms with Gasteiger partial charge in [-0.15, -0.1) is 0 Å². The number of carbonyl (C=O) groups is 1. The van der Waals surface area contributed by atoms with Crippen LogP contribution in [0.5, 0.6) is 0 Å². The fourth-order valence-electron chi connectivity index (χ4n) is 1.62. The third kappa shape index (κ3) is 1.97. The Kier molecular flexibility index (Phi) is 2.90. The van der Waals surface area contributed by atoms with E-state index in [0.29, 0.717) is 12.2 Å². The van der Waals surface area contributed by atoms with Crippen LogP contribution in [0.3, 0.4) is 0 Å². The van der Waals surface area contributed by atoms with Gasteiger partial charge in [0.25, 0.3) is 0 Å². The van der Waals surface area contributed by atoms with E-state index in [1.54, 1.807) is 11.8 Å². The Hall–Kier alpha value is -1.10. The average Bonchev–Trinajstić information content (AvgIpc) is 2.27. The summed E-state index contributed by atoms with van der Waals surface area (Å²) in [6, 6.07) is 0. The van der Waals surface area contributed by atoms with Crippen LogP contribution < -0.4 is 0 Å². The molecule has 0 aliphatic carbocycles. The molecule has 1 aliphatic rings. The quantitative estimate of drug-likeness (QED) is 0.825. The highest BCUT2D eigenvalue weighted by Crippen LogP contribution is 2.25. The van der Waals surface area contributed by atoms with Crippen LogP contribution in [0.1, 0.15) is 34.5 Å². The van der Waals surface area contributed by atoms with Crippen molar-refractivity contribution < 1.29 is 9.90 Å². The van der Waals surface area contributed by atoms with Crippen LogP contribution in [0.2, 0.25) is 0 Å². The van der Waals surface area contributed by atoms with Gasteiger partial charge in [-0.05, 0) is 12.2 Å². The monoisotopic (exact) mass is 224 g/mol. The number of thioether (sulfide) groups is 1. The molecule has 0 spiro atoms. The summed E-state index contributed by atoms with van der Waals surface area (Å²) in [4.78, 5) is 19.5. The van der Waals surface area contributed by atoms with Crippen LogP contribution >= 0.6 is 11.8 Å². The highest BCUT2D eigenvalue weighted by atomic mass is 32.2. The molecule has 15 heavy (non-hydrogen) atoms. The molecular weight excluding hydrogens is 212 g/mol. The van der Waals surface area contributed by atoms with Crippen molar-refractivity contribution in [1.29, 1.82) is 0 Å². The van der Waals surface area contributed by atoms with Gasteiger partial charge >= 0.3 is 5.97 Å². The summed E-state index contributed by atoms with van der Waals surface area (Å²) in [6.45, 7) is 1.94. The summed E-state index contributed by atoms with van der Waals surface area (Å²) in [5.41, 5.74) is 1.94. The zero-order valence-corrected chi connectivity index (χ0v) is 9.30. The van der Waals surface area contributed by atoms with Crippen LogP contribution in [0.4, 0.5) is 0 Å². The predicted molar refractivity (Wildman–Crippen MR) is 58.2 cm³/mol. The number of carboxylic acid groups (broad SMARTS) is 1. The third-order valence-corrected chi connectivity index (χ3v) is 3.37. The topological polar surface area (TPSA) is 63.1 Å². The Bertz CT molecular complexity index is 407. The number of carboxylic acids is 1. The van der Waals surface area contributed by atoms with E-state index in [1.807, 2.05) is 6.92 Å². The van der Waals surface area contributed by atoms with E-state index in [0.717, 1.165) is 29.2 Å². The van der Waals surface area contributed by atoms with E-state index in [9.17, 15) is 4.79 Å². The molecule has 4 nitrogen and oxygen atoms in total. The van der Waals surface area contributed by atoms with Crippen molar-refractivity contribution in [2.24, 2.45) is 0 Å². The molecule has 1 aliphatic heterocycles. The smallest absolute Gasteiger partial charge is 0.354 e. The normalized spacial score (nSPS) is 14.7. The zero-order valence-electron chi connectivity index (χ0n) is 8.49. The number of hydrogen-bond acceptors (Lipinski definition) is 4. The second-order valence-corrected chi connectivity index (χ2v) is 4.48. The van der Waals surface area contributed by atoms with Crippen LogP contribution in [0.15, 0.2) is 0 Å². The molecule has 0 radical (unpaired) electrons. The number of aromatic nitrogens is 2. The van der Waals surface area contributed by atoms with E-state index >= 15 is 0 Å². The Morgan fingerprint density at radius 1 is 1.53 bits per heavy atom. The Morgan fingerprint density at radius 3 is 3.00 bits per heavy atom. The molecule has 1 aromatic rings. The summed E-state index contributed by atoms with van der Waals surface area (Å²) in [6.07, 6.45) is 1.54. The van der Waals surface area contributed by atoms with E-state index in [1.165, 1.54) is 0 Å². The molecule has 1 N–H and O–H groups in total. The minimum atomic E-state index is -0.939. The number of aryl methyl sites for hydroxylation is 2. The lowest BCUT2D eigenvalue weighted by Gasteiger charge is -2.16. The Morgan fingerprint density at radius 2 is 2.33 bits per heavy atom. The number of rotatable bonds is 2. The molecule has 80 valence electrons. The van der Waals surface area contributed by atoms with Crippen LogP contribution in [-0.2, 0) is 18.6 Å². The number of fused-ring (bicyclic) bond motifs is 1. The van der Waals surface area contributed by atoms with Crippen molar-refractivity contribution in [2.75, 3.05) is 5.75 Å². The molecule has 0 saturated carbocycles. The first-order chi connectivity index (χ1) is 7.22. The molecule has 2 heterocycles. The highest BCUT2D eigenvalue weighted by molar-refractivity contribution is 7.98. The minimum Gasteiger partial charge on any atom is -0.476 e. The van der Waals surface area contributed by atoms with E-state index in [-0.39, 0.29) is 5.69 Å². The maximum absolute atomic E-state index is 11.0. The fraction of sp³-hybridized carbons (Fsp3) is 0.500. The van der Waals surface area contributed by atoms with Crippen LogP contribution in [0, 0.1) is 0 Å². The Labute approximate surface area is 92.1 Å². The van der Waals surface area contributed by atoms with Crippen molar-refractivity contribution in [3.8, 4) is 0 Å². The Balaban J connectivity index is 2.55. The highest BCUT2D eigenvalue weighted by Gasteiger charge is 2.21. The first-order valence-corrected chi connectivity index (χ1v) is 6.07. The van der Waals surface area contributed by atoms with Gasteiger partial charge in [0.1, 0.15) is 5.82 Å². The molecule has 0 fully saturated rings. The molecular formula is C10H12N2O2S. The maximum atomic E-state index is 11.0. The van der Waals surface area contributed by atoms with E-state index in [2.05, 4.69) is 9.97 Å². The number of aromatic carboxylic acids is 1. The molecule has 0 unspecified atom stereocenters. The molecule has 0 amide bonds. The molecule has 0 saturated heterocycles. The van der Waals surface area contributed by atoms with Gasteiger partial charge in [0.05, 0.1) is 0 Å². The summed E-state index contributed by atoms with van der Waals surface area (Å²) in [5, 5.41) is 9.06. The summed E-state index contributed by atoms with van der Waals surface area (Å²) >= 11 is 1.74. The second kappa shape index (κ2) is 4.18. The third-order valence-electron chi connectivity index (χ3n) is 2.39. The van der Waals surface area contributed by atoms with Crippen molar-refractivity contribution in [3.05, 3.63) is 22.8 Å². The standard InChI is InChI=1S/C10H12N2O2S/c1-2-8-11-7-3-4-15-5-6(7)9(12-8)10(13)14/h2-5H2,1H3,(H,13,14). The van der Waals surface area contributed by atoms with Crippen molar-refractivity contribution >= 4 is 17.7 Å². The maximum Gasteiger partial charge on any atom is 0.354 e. The van der Waals surface area contributed by atoms with Gasteiger partial charge in [-0.1, -0.05) is 6.92 Å². The summed E-state index contributed by atoms with van der Waals surface area (Å²) in [7, 11) is 0. The fourth-order valence-corrected chi connectivity index (χ4v) is 2.61. The zero-order chi connectivity index (χ0) is 10.8. The first kappa shape index (κ1) is 10.4. The molecule has 2 rings (SSSR count). The van der Waals surface area contributed by atoms with Gasteiger partial charge in [0.15, 0.2) is 5.69 Å². The first-order valence-electron chi connectivity index (χ1n) is 4.92. The minimum absolute atomic E-state index is 0.198. The molecule has 0 bridgehead atoms. The van der Waals surface area contributed by atoms with Crippen molar-refractivity contribution in [1.82, 2.24) is 9.97 Å². The summed E-state index contributed by atoms with van der Waals surface area (Å²) < 4.78 is 0. The molecule has 0 aromatic carbocycles. The number of hydrogen-bond donors (Lipinski definition) is 1. The predicted octanol–water partition coefficient (Wildman–Crippen LogP) is 1.53. The van der Waals surface area contributed by atoms with Crippen LogP contribution in [-0.4, -0.2) is 26.8 Å². The van der Waals surface area contributed by atoms with Crippen molar-refractivity contribution in [2.45, 2.75) is 25.5 Å². The number of nitrogens with zero attached hydrogens (tertiary/aromatic N) is 2. The van der Waals surface area contributed by atoms with Gasteiger partial charge in [-0.2, -0.15) is 11.8 Å². The van der Waals surface area contributed by atoms with E-state index < -0.39 is 5.97 Å². The average molecular weight is 224 g/mol. The largest absolute Gasteiger partial charge is 0.476 e. The van der Waals surface area contributed by atoms with Gasteiger partial charge in [0, 0.05) is 23.4 Å². The van der Waals surface area contributed by atoms with Gasteiger partial charge < -0.3 is 5.11 Å². The van der Waals surface area contributed by atoms with Gasteiger partial charge in [-0.3, -0.25) is 0 Å². The lowest BCUT2D eigenvalue weighted by molar-refractivity contribution is 0.0688. The SMILES string of the molecule is CCc1nc2c(c(C(=O)O)n1)CSCC2. The van der Waals surface area contributed by atoms with Gasteiger partial charge in [-0.25, -0.2) is 14.8 Å². The molecule has 5 heteroatoms. The van der Waals surface area contributed by atoms with Crippen molar-refractivity contribution in [3.63, 3.8) is 0 Å². The molecule has 1 aromatic heterocycles. The lowest BCUT2D eigenvalue weighted by atomic mass is 10.1. The second-order valence-electron chi connectivity index (χ2n) is 3.37. The lowest BCUT2D eigenvalue weighted by Crippen LogP contribution is -2.16.